The average molecular weight is 299 g/mol. The maximum absolute atomic E-state index is 10.7. The van der Waals surface area contributed by atoms with Crippen molar-refractivity contribution >= 4 is 17.7 Å². The van der Waals surface area contributed by atoms with E-state index in [9.17, 15) is 4.79 Å². The standard InChI is InChI=1S/C13H21N3O3S/c1-9(2)6-16-12(10-4-3-5-19-7-10)14-15-13(16)20-8-11(17)18/h9-10H,3-8H2,1-2H3,(H,17,18). The first-order valence-corrected chi connectivity index (χ1v) is 7.92. The van der Waals surface area contributed by atoms with Gasteiger partial charge >= 0.3 is 5.97 Å². The molecule has 1 N–H and O–H groups in total. The van der Waals surface area contributed by atoms with Crippen LogP contribution in [0.25, 0.3) is 0 Å². The fourth-order valence-corrected chi connectivity index (χ4v) is 2.99. The smallest absolute Gasteiger partial charge is 0.313 e. The summed E-state index contributed by atoms with van der Waals surface area (Å²) < 4.78 is 7.59. The van der Waals surface area contributed by atoms with Crippen molar-refractivity contribution in [2.45, 2.75) is 44.3 Å². The first kappa shape index (κ1) is 15.3. The van der Waals surface area contributed by atoms with Gasteiger partial charge in [0.1, 0.15) is 5.82 Å². The molecule has 1 aromatic heterocycles. The minimum Gasteiger partial charge on any atom is -0.481 e. The summed E-state index contributed by atoms with van der Waals surface area (Å²) in [5, 5.41) is 18.0. The van der Waals surface area contributed by atoms with Gasteiger partial charge in [-0.25, -0.2) is 0 Å². The minimum atomic E-state index is -0.836. The number of thioether (sulfide) groups is 1. The lowest BCUT2D eigenvalue weighted by Crippen LogP contribution is -2.21. The summed E-state index contributed by atoms with van der Waals surface area (Å²) in [5.74, 6) is 0.841. The predicted octanol–water partition coefficient (Wildman–Crippen LogP) is 2.00. The Morgan fingerprint density at radius 3 is 2.95 bits per heavy atom. The first-order chi connectivity index (χ1) is 9.58. The van der Waals surface area contributed by atoms with Crippen LogP contribution in [0.5, 0.6) is 0 Å². The van der Waals surface area contributed by atoms with Crippen LogP contribution in [0, 0.1) is 5.92 Å². The topological polar surface area (TPSA) is 77.2 Å². The van der Waals surface area contributed by atoms with Crippen LogP contribution in [-0.2, 0) is 16.1 Å². The van der Waals surface area contributed by atoms with Crippen molar-refractivity contribution in [1.29, 1.82) is 0 Å². The van der Waals surface area contributed by atoms with E-state index in [1.54, 1.807) is 0 Å². The van der Waals surface area contributed by atoms with Crippen LogP contribution >= 0.6 is 11.8 Å². The predicted molar refractivity (Wildman–Crippen MR) is 76.0 cm³/mol. The molecule has 6 nitrogen and oxygen atoms in total. The van der Waals surface area contributed by atoms with E-state index in [1.807, 2.05) is 0 Å². The number of carboxylic acid groups (broad SMARTS) is 1. The summed E-state index contributed by atoms with van der Waals surface area (Å²) in [7, 11) is 0. The average Bonchev–Trinajstić information content (AvgIpc) is 2.79. The van der Waals surface area contributed by atoms with Gasteiger partial charge in [0.25, 0.3) is 0 Å². The second-order valence-corrected chi connectivity index (χ2v) is 6.38. The van der Waals surface area contributed by atoms with E-state index in [1.165, 1.54) is 11.8 Å². The van der Waals surface area contributed by atoms with Crippen molar-refractivity contribution < 1.29 is 14.6 Å². The van der Waals surface area contributed by atoms with Crippen LogP contribution in [0.3, 0.4) is 0 Å². The maximum atomic E-state index is 10.7. The van der Waals surface area contributed by atoms with Gasteiger partial charge < -0.3 is 14.4 Å². The van der Waals surface area contributed by atoms with Crippen LogP contribution in [0.4, 0.5) is 0 Å². The number of nitrogens with zero attached hydrogens (tertiary/aromatic N) is 3. The van der Waals surface area contributed by atoms with E-state index >= 15 is 0 Å². The lowest BCUT2D eigenvalue weighted by atomic mass is 10.0. The van der Waals surface area contributed by atoms with E-state index in [2.05, 4.69) is 28.6 Å². The molecule has 1 aliphatic rings. The molecule has 0 aliphatic carbocycles. The Kier molecular flexibility index (Phi) is 5.42. The molecule has 1 atom stereocenters. The molecule has 1 aromatic rings. The fourth-order valence-electron chi connectivity index (χ4n) is 2.32. The highest BCUT2D eigenvalue weighted by molar-refractivity contribution is 7.99. The Bertz CT molecular complexity index is 456. The van der Waals surface area contributed by atoms with Gasteiger partial charge in [-0.1, -0.05) is 25.6 Å². The van der Waals surface area contributed by atoms with Crippen molar-refractivity contribution in [2.75, 3.05) is 19.0 Å². The van der Waals surface area contributed by atoms with Crippen LogP contribution < -0.4 is 0 Å². The zero-order valence-electron chi connectivity index (χ0n) is 11.9. The summed E-state index contributed by atoms with van der Waals surface area (Å²) >= 11 is 1.23. The molecule has 2 rings (SSSR count). The van der Waals surface area contributed by atoms with Gasteiger partial charge in [0.2, 0.25) is 0 Å². The highest BCUT2D eigenvalue weighted by Gasteiger charge is 2.24. The monoisotopic (exact) mass is 299 g/mol. The van der Waals surface area contributed by atoms with Crippen LogP contribution in [0.2, 0.25) is 0 Å². The van der Waals surface area contributed by atoms with Crippen molar-refractivity contribution in [3.05, 3.63) is 5.82 Å². The Balaban J connectivity index is 2.19. The maximum Gasteiger partial charge on any atom is 0.313 e. The SMILES string of the molecule is CC(C)Cn1c(SCC(=O)O)nnc1C1CCCOC1. The highest BCUT2D eigenvalue weighted by Crippen LogP contribution is 2.28. The van der Waals surface area contributed by atoms with E-state index in [4.69, 9.17) is 9.84 Å². The first-order valence-electron chi connectivity index (χ1n) is 6.93. The normalized spacial score (nSPS) is 19.4. The van der Waals surface area contributed by atoms with Crippen LogP contribution in [0.15, 0.2) is 5.16 Å². The zero-order valence-corrected chi connectivity index (χ0v) is 12.7. The number of rotatable bonds is 6. The molecular formula is C13H21N3O3S. The van der Waals surface area contributed by atoms with Gasteiger partial charge in [-0.3, -0.25) is 4.79 Å². The van der Waals surface area contributed by atoms with E-state index in [0.717, 1.165) is 31.8 Å². The van der Waals surface area contributed by atoms with Gasteiger partial charge in [-0.15, -0.1) is 10.2 Å². The van der Waals surface area contributed by atoms with Gasteiger partial charge in [-0.2, -0.15) is 0 Å². The summed E-state index contributed by atoms with van der Waals surface area (Å²) in [6, 6.07) is 0. The molecule has 1 aliphatic heterocycles. The van der Waals surface area contributed by atoms with Crippen LogP contribution in [-0.4, -0.2) is 44.8 Å². The van der Waals surface area contributed by atoms with Crippen molar-refractivity contribution in [1.82, 2.24) is 14.8 Å². The molecule has 7 heteroatoms. The molecule has 20 heavy (non-hydrogen) atoms. The Morgan fingerprint density at radius 2 is 2.35 bits per heavy atom. The quantitative estimate of drug-likeness (QED) is 0.810. The zero-order chi connectivity index (χ0) is 14.5. The summed E-state index contributed by atoms with van der Waals surface area (Å²) in [4.78, 5) is 10.7. The lowest BCUT2D eigenvalue weighted by molar-refractivity contribution is -0.133. The van der Waals surface area contributed by atoms with E-state index in [0.29, 0.717) is 17.7 Å². The third kappa shape index (κ3) is 3.96. The molecule has 1 unspecified atom stereocenters. The number of aromatic nitrogens is 3. The minimum absolute atomic E-state index is 0.0113. The van der Waals surface area contributed by atoms with Gasteiger partial charge in [-0.05, 0) is 18.8 Å². The van der Waals surface area contributed by atoms with E-state index in [-0.39, 0.29) is 11.7 Å². The molecule has 0 bridgehead atoms. The van der Waals surface area contributed by atoms with Gasteiger partial charge in [0, 0.05) is 19.1 Å². The summed E-state index contributed by atoms with van der Waals surface area (Å²) in [6.45, 7) is 6.57. The number of carboxylic acids is 1. The molecular weight excluding hydrogens is 278 g/mol. The third-order valence-electron chi connectivity index (χ3n) is 3.14. The van der Waals surface area contributed by atoms with Crippen molar-refractivity contribution in [3.63, 3.8) is 0 Å². The number of hydrogen-bond donors (Lipinski definition) is 1. The lowest BCUT2D eigenvalue weighted by Gasteiger charge is -2.22. The summed E-state index contributed by atoms with van der Waals surface area (Å²) in [5.41, 5.74) is 0. The number of hydrogen-bond acceptors (Lipinski definition) is 5. The van der Waals surface area contributed by atoms with Crippen molar-refractivity contribution in [3.8, 4) is 0 Å². The Morgan fingerprint density at radius 1 is 1.55 bits per heavy atom. The molecule has 0 amide bonds. The second kappa shape index (κ2) is 7.08. The number of aliphatic carboxylic acids is 1. The molecule has 0 spiro atoms. The van der Waals surface area contributed by atoms with Gasteiger partial charge in [0.05, 0.1) is 12.4 Å². The van der Waals surface area contributed by atoms with Crippen LogP contribution in [0.1, 0.15) is 38.4 Å². The fraction of sp³-hybridized carbons (Fsp3) is 0.769. The Hall–Kier alpha value is -1.08. The number of carbonyl (C=O) groups is 1. The largest absolute Gasteiger partial charge is 0.481 e. The molecule has 0 aromatic carbocycles. The second-order valence-electron chi connectivity index (χ2n) is 5.44. The molecule has 1 fully saturated rings. The molecule has 112 valence electrons. The molecule has 1 saturated heterocycles. The number of ether oxygens (including phenoxy) is 1. The molecule has 0 saturated carbocycles. The highest BCUT2D eigenvalue weighted by atomic mass is 32.2. The molecule has 0 radical (unpaired) electrons. The van der Waals surface area contributed by atoms with Gasteiger partial charge in [0.15, 0.2) is 5.16 Å². The third-order valence-corrected chi connectivity index (χ3v) is 4.09. The summed E-state index contributed by atoms with van der Waals surface area (Å²) in [6.07, 6.45) is 2.09. The van der Waals surface area contributed by atoms with E-state index < -0.39 is 5.97 Å². The van der Waals surface area contributed by atoms with Crippen molar-refractivity contribution in [2.24, 2.45) is 5.92 Å². The molecule has 2 heterocycles. The Labute approximate surface area is 122 Å².